The van der Waals surface area contributed by atoms with Gasteiger partial charge in [0.05, 0.1) is 25.5 Å². The van der Waals surface area contributed by atoms with E-state index in [-0.39, 0.29) is 17.7 Å². The monoisotopic (exact) mass is 464 g/mol. The molecule has 1 aromatic carbocycles. The molecular formula is C22H22Cl2N2O3S. The highest BCUT2D eigenvalue weighted by atomic mass is 35.5. The number of ether oxygens (including phenoxy) is 1. The van der Waals surface area contributed by atoms with E-state index < -0.39 is 0 Å². The molecule has 1 aliphatic heterocycles. The van der Waals surface area contributed by atoms with Crippen molar-refractivity contribution in [2.24, 2.45) is 0 Å². The number of aryl methyl sites for hydroxylation is 1. The molecule has 30 heavy (non-hydrogen) atoms. The first-order chi connectivity index (χ1) is 14.6. The number of benzene rings is 1. The van der Waals surface area contributed by atoms with E-state index in [1.54, 1.807) is 29.5 Å². The van der Waals surface area contributed by atoms with Crippen LogP contribution in [-0.2, 0) is 11.2 Å². The zero-order chi connectivity index (χ0) is 21.1. The van der Waals surface area contributed by atoms with Gasteiger partial charge in [0.1, 0.15) is 5.00 Å². The first-order valence-corrected chi connectivity index (χ1v) is 11.4. The molecule has 3 heterocycles. The molecule has 0 radical (unpaired) electrons. The van der Waals surface area contributed by atoms with Gasteiger partial charge in [-0.25, -0.2) is 0 Å². The Kier molecular flexibility index (Phi) is 6.80. The van der Waals surface area contributed by atoms with E-state index in [1.807, 2.05) is 12.1 Å². The Morgan fingerprint density at radius 1 is 1.20 bits per heavy atom. The number of amides is 1. The predicted molar refractivity (Wildman–Crippen MR) is 121 cm³/mol. The number of thiophene rings is 1. The molecule has 158 valence electrons. The second-order valence-electron chi connectivity index (χ2n) is 7.00. The summed E-state index contributed by atoms with van der Waals surface area (Å²) in [4.78, 5) is 16.2. The van der Waals surface area contributed by atoms with Crippen molar-refractivity contribution in [3.8, 4) is 0 Å². The molecule has 8 heteroatoms. The summed E-state index contributed by atoms with van der Waals surface area (Å²) in [7, 11) is 0. The maximum absolute atomic E-state index is 12.7. The Labute approximate surface area is 189 Å². The summed E-state index contributed by atoms with van der Waals surface area (Å²) in [5, 5.41) is 5.04. The van der Waals surface area contributed by atoms with Crippen molar-refractivity contribution in [2.45, 2.75) is 19.4 Å². The van der Waals surface area contributed by atoms with E-state index in [9.17, 15) is 4.79 Å². The minimum atomic E-state index is -0.270. The summed E-state index contributed by atoms with van der Waals surface area (Å²) in [5.74, 6) is 0.00790. The van der Waals surface area contributed by atoms with E-state index in [2.05, 4.69) is 23.2 Å². The standard InChI is InChI=1S/C22H22Cl2N2O3S/c1-2-15-13-17(22(30-15)25-21(27)19-4-3-9-29-19)20(26-7-10-28-11-8-26)16-6-5-14(23)12-18(16)24/h3-6,9,12-13,20H,2,7-8,10-11H2,1H3,(H,25,27)/t20-/m0/s1. The molecule has 0 aliphatic carbocycles. The smallest absolute Gasteiger partial charge is 0.291 e. The number of carbonyl (C=O) groups is 1. The minimum Gasteiger partial charge on any atom is -0.459 e. The summed E-state index contributed by atoms with van der Waals surface area (Å²) in [6, 6.07) is 11.0. The molecular weight excluding hydrogens is 443 g/mol. The van der Waals surface area contributed by atoms with Crippen molar-refractivity contribution in [3.63, 3.8) is 0 Å². The summed E-state index contributed by atoms with van der Waals surface area (Å²) in [6.07, 6.45) is 2.37. The topological polar surface area (TPSA) is 54.7 Å². The van der Waals surface area contributed by atoms with Gasteiger partial charge in [-0.05, 0) is 42.3 Å². The van der Waals surface area contributed by atoms with Gasteiger partial charge in [-0.15, -0.1) is 11.3 Å². The SMILES string of the molecule is CCc1cc([C@H](c2ccc(Cl)cc2Cl)N2CCOCC2)c(NC(=O)c2ccco2)s1. The van der Waals surface area contributed by atoms with E-state index >= 15 is 0 Å². The molecule has 0 unspecified atom stereocenters. The van der Waals surface area contributed by atoms with Gasteiger partial charge in [0.15, 0.2) is 5.76 Å². The first-order valence-electron chi connectivity index (χ1n) is 9.81. The van der Waals surface area contributed by atoms with Gasteiger partial charge in [-0.2, -0.15) is 0 Å². The van der Waals surface area contributed by atoms with Crippen LogP contribution in [0, 0.1) is 0 Å². The lowest BCUT2D eigenvalue weighted by Gasteiger charge is -2.35. The molecule has 1 fully saturated rings. The van der Waals surface area contributed by atoms with Crippen LogP contribution >= 0.6 is 34.5 Å². The number of hydrogen-bond acceptors (Lipinski definition) is 5. The Bertz CT molecular complexity index is 1010. The predicted octanol–water partition coefficient (Wildman–Crippen LogP) is 5.88. The fourth-order valence-electron chi connectivity index (χ4n) is 3.63. The van der Waals surface area contributed by atoms with Crippen LogP contribution in [0.3, 0.4) is 0 Å². The summed E-state index contributed by atoms with van der Waals surface area (Å²) in [5.41, 5.74) is 1.97. The molecule has 2 aromatic heterocycles. The average molecular weight is 465 g/mol. The number of furan rings is 1. The van der Waals surface area contributed by atoms with Crippen LogP contribution in [0.4, 0.5) is 5.00 Å². The van der Waals surface area contributed by atoms with Crippen LogP contribution < -0.4 is 5.32 Å². The zero-order valence-electron chi connectivity index (χ0n) is 16.5. The molecule has 1 saturated heterocycles. The highest BCUT2D eigenvalue weighted by Crippen LogP contribution is 2.42. The zero-order valence-corrected chi connectivity index (χ0v) is 18.8. The summed E-state index contributed by atoms with van der Waals surface area (Å²) in [6.45, 7) is 4.95. The fraction of sp³-hybridized carbons (Fsp3) is 0.318. The Morgan fingerprint density at radius 2 is 2.00 bits per heavy atom. The van der Waals surface area contributed by atoms with Crippen LogP contribution in [0.5, 0.6) is 0 Å². The fourth-order valence-corrected chi connectivity index (χ4v) is 5.16. The number of rotatable bonds is 6. The number of nitrogens with zero attached hydrogens (tertiary/aromatic N) is 1. The Morgan fingerprint density at radius 3 is 2.67 bits per heavy atom. The lowest BCUT2D eigenvalue weighted by molar-refractivity contribution is 0.0241. The van der Waals surface area contributed by atoms with Gasteiger partial charge in [0, 0.05) is 33.6 Å². The van der Waals surface area contributed by atoms with E-state index in [1.165, 1.54) is 11.1 Å². The van der Waals surface area contributed by atoms with E-state index in [4.69, 9.17) is 32.4 Å². The third kappa shape index (κ3) is 4.58. The van der Waals surface area contributed by atoms with Crippen molar-refractivity contribution < 1.29 is 13.9 Å². The van der Waals surface area contributed by atoms with E-state index in [0.29, 0.717) is 23.3 Å². The third-order valence-electron chi connectivity index (χ3n) is 5.09. The quantitative estimate of drug-likeness (QED) is 0.494. The maximum Gasteiger partial charge on any atom is 0.291 e. The van der Waals surface area contributed by atoms with Crippen LogP contribution in [0.2, 0.25) is 10.0 Å². The van der Waals surface area contributed by atoms with Crippen molar-refractivity contribution in [3.05, 3.63) is 74.5 Å². The highest BCUT2D eigenvalue weighted by molar-refractivity contribution is 7.16. The number of halogens is 2. The van der Waals surface area contributed by atoms with Gasteiger partial charge in [0.25, 0.3) is 5.91 Å². The number of anilines is 1. The molecule has 0 saturated carbocycles. The van der Waals surface area contributed by atoms with E-state index in [0.717, 1.165) is 35.6 Å². The van der Waals surface area contributed by atoms with Crippen molar-refractivity contribution >= 4 is 45.4 Å². The second kappa shape index (κ2) is 9.54. The highest BCUT2D eigenvalue weighted by Gasteiger charge is 2.30. The normalized spacial score (nSPS) is 15.8. The lowest BCUT2D eigenvalue weighted by atomic mass is 9.97. The average Bonchev–Trinajstić information content (AvgIpc) is 3.41. The van der Waals surface area contributed by atoms with Crippen LogP contribution in [0.1, 0.15) is 39.5 Å². The van der Waals surface area contributed by atoms with Crippen LogP contribution in [0.15, 0.2) is 47.1 Å². The molecule has 4 rings (SSSR count). The number of hydrogen-bond donors (Lipinski definition) is 1. The largest absolute Gasteiger partial charge is 0.459 e. The van der Waals surface area contributed by atoms with Gasteiger partial charge < -0.3 is 14.5 Å². The summed E-state index contributed by atoms with van der Waals surface area (Å²) >= 11 is 14.4. The summed E-state index contributed by atoms with van der Waals surface area (Å²) < 4.78 is 10.8. The van der Waals surface area contributed by atoms with Gasteiger partial charge >= 0.3 is 0 Å². The molecule has 1 aliphatic rings. The minimum absolute atomic E-state index is 0.123. The molecule has 0 bridgehead atoms. The van der Waals surface area contributed by atoms with Crippen LogP contribution in [0.25, 0.3) is 0 Å². The van der Waals surface area contributed by atoms with Crippen molar-refractivity contribution in [1.29, 1.82) is 0 Å². The number of morpholine rings is 1. The first kappa shape index (κ1) is 21.4. The van der Waals surface area contributed by atoms with Crippen molar-refractivity contribution in [1.82, 2.24) is 4.90 Å². The molecule has 1 N–H and O–H groups in total. The Balaban J connectivity index is 1.77. The number of carbonyl (C=O) groups excluding carboxylic acids is 1. The number of nitrogens with one attached hydrogen (secondary N) is 1. The second-order valence-corrected chi connectivity index (χ2v) is 8.98. The van der Waals surface area contributed by atoms with Gasteiger partial charge in [-0.3, -0.25) is 9.69 Å². The Hall–Kier alpha value is -1.83. The lowest BCUT2D eigenvalue weighted by Crippen LogP contribution is -2.39. The molecule has 5 nitrogen and oxygen atoms in total. The van der Waals surface area contributed by atoms with Gasteiger partial charge in [-0.1, -0.05) is 36.2 Å². The third-order valence-corrected chi connectivity index (χ3v) is 6.87. The van der Waals surface area contributed by atoms with Crippen molar-refractivity contribution in [2.75, 3.05) is 31.6 Å². The van der Waals surface area contributed by atoms with Crippen LogP contribution in [-0.4, -0.2) is 37.1 Å². The molecule has 0 spiro atoms. The molecule has 3 aromatic rings. The van der Waals surface area contributed by atoms with Gasteiger partial charge in [0.2, 0.25) is 0 Å². The molecule has 1 atom stereocenters. The molecule has 1 amide bonds. The maximum atomic E-state index is 12.7.